The number of hydrogen-bond acceptors (Lipinski definition) is 5. The molecule has 0 aromatic heterocycles. The average molecular weight is 350 g/mol. The van der Waals surface area contributed by atoms with Gasteiger partial charge in [0.15, 0.2) is 5.78 Å². The number of β-amino-alcohol motifs (C(OH)–C–C–N with tert-alkyl or cyclic N) is 1. The van der Waals surface area contributed by atoms with E-state index in [2.05, 4.69) is 6.07 Å². The summed E-state index contributed by atoms with van der Waals surface area (Å²) in [4.78, 5) is 14.1. The van der Waals surface area contributed by atoms with Crippen LogP contribution < -0.4 is 0 Å². The summed E-state index contributed by atoms with van der Waals surface area (Å²) in [6, 6.07) is 11.9. The Bertz CT molecular complexity index is 831. The van der Waals surface area contributed by atoms with Crippen LogP contribution >= 0.6 is 0 Å². The van der Waals surface area contributed by atoms with Crippen LogP contribution in [0.3, 0.4) is 0 Å². The van der Waals surface area contributed by atoms with Gasteiger partial charge in [0.05, 0.1) is 6.10 Å². The van der Waals surface area contributed by atoms with Crippen LogP contribution in [-0.2, 0) is 9.53 Å². The highest BCUT2D eigenvalue weighted by Gasteiger charge is 2.33. The lowest BCUT2D eigenvalue weighted by molar-refractivity contribution is -0.125. The lowest BCUT2D eigenvalue weighted by Gasteiger charge is -2.34. The van der Waals surface area contributed by atoms with Gasteiger partial charge in [-0.25, -0.2) is 0 Å². The average Bonchev–Trinajstić information content (AvgIpc) is 2.67. The van der Waals surface area contributed by atoms with Gasteiger partial charge < -0.3 is 14.7 Å². The summed E-state index contributed by atoms with van der Waals surface area (Å²) >= 11 is 0. The zero-order chi connectivity index (χ0) is 18.7. The number of nitriles is 1. The topological polar surface area (TPSA) is 73.6 Å². The minimum absolute atomic E-state index is 0.00805. The molecule has 0 bridgehead atoms. The molecule has 2 aliphatic rings. The fourth-order valence-electron chi connectivity index (χ4n) is 3.33. The molecule has 1 aliphatic carbocycles. The Kier molecular flexibility index (Phi) is 5.36. The number of Topliss-reactive ketones (excluding diaryl/α,β-unsaturated/α-hetero) is 1. The molecule has 0 amide bonds. The van der Waals surface area contributed by atoms with E-state index in [4.69, 9.17) is 4.74 Å². The van der Waals surface area contributed by atoms with Crippen molar-refractivity contribution < 1.29 is 14.6 Å². The molecule has 1 heterocycles. The van der Waals surface area contributed by atoms with Gasteiger partial charge in [-0.15, -0.1) is 0 Å². The lowest BCUT2D eigenvalue weighted by atomic mass is 9.81. The van der Waals surface area contributed by atoms with Crippen LogP contribution in [0.4, 0.5) is 0 Å². The third kappa shape index (κ3) is 3.34. The Hall–Kier alpha value is -2.68. The first-order valence-corrected chi connectivity index (χ1v) is 8.72. The Labute approximate surface area is 153 Å². The smallest absolute Gasteiger partial charge is 0.169 e. The summed E-state index contributed by atoms with van der Waals surface area (Å²) in [5, 5.41) is 20.0. The molecule has 1 aromatic rings. The highest BCUT2D eigenvalue weighted by atomic mass is 16.5. The minimum Gasteiger partial charge on any atom is -0.391 e. The second-order valence-corrected chi connectivity index (χ2v) is 6.45. The number of benzene rings is 1. The number of ether oxygens (including phenoxy) is 1. The molecule has 0 radical (unpaired) electrons. The van der Waals surface area contributed by atoms with Gasteiger partial charge >= 0.3 is 0 Å². The summed E-state index contributed by atoms with van der Waals surface area (Å²) in [6.07, 6.45) is 3.30. The van der Waals surface area contributed by atoms with Crippen molar-refractivity contribution in [3.05, 3.63) is 65.0 Å². The molecule has 0 fully saturated rings. The first-order valence-electron chi connectivity index (χ1n) is 8.72. The maximum atomic E-state index is 12.3. The number of aliphatic hydroxyl groups excluding tert-OH is 1. The zero-order valence-corrected chi connectivity index (χ0v) is 15.0. The van der Waals surface area contributed by atoms with Crippen molar-refractivity contribution in [2.24, 2.45) is 0 Å². The van der Waals surface area contributed by atoms with Crippen molar-refractivity contribution >= 4 is 11.4 Å². The fraction of sp³-hybridized carbons (Fsp3) is 0.333. The Morgan fingerprint density at radius 1 is 1.38 bits per heavy atom. The number of carbonyl (C=O) groups is 1. The van der Waals surface area contributed by atoms with Crippen LogP contribution in [0.15, 0.2) is 59.5 Å². The number of aliphatic hydroxyl groups is 1. The normalized spacial score (nSPS) is 20.9. The number of nitrogens with zero attached hydrogens (tertiary/aromatic N) is 2. The fourth-order valence-corrected chi connectivity index (χ4v) is 3.33. The van der Waals surface area contributed by atoms with Gasteiger partial charge in [-0.3, -0.25) is 4.79 Å². The van der Waals surface area contributed by atoms with E-state index in [-0.39, 0.29) is 12.2 Å². The summed E-state index contributed by atoms with van der Waals surface area (Å²) in [5.41, 5.74) is 3.87. The first-order chi connectivity index (χ1) is 12.6. The summed E-state index contributed by atoms with van der Waals surface area (Å²) in [5.74, 6) is -0.00805. The van der Waals surface area contributed by atoms with Crippen LogP contribution in [0.5, 0.6) is 0 Å². The number of hydrogen-bond donors (Lipinski definition) is 1. The molecule has 2 unspecified atom stereocenters. The van der Waals surface area contributed by atoms with E-state index in [1.165, 1.54) is 7.11 Å². The number of carbonyl (C=O) groups excluding carboxylic acids is 1. The molecular weight excluding hydrogens is 328 g/mol. The van der Waals surface area contributed by atoms with Gasteiger partial charge in [0.1, 0.15) is 17.9 Å². The number of rotatable bonds is 5. The van der Waals surface area contributed by atoms with Gasteiger partial charge in [0.2, 0.25) is 0 Å². The molecule has 2 atom stereocenters. The van der Waals surface area contributed by atoms with Crippen LogP contribution in [0.25, 0.3) is 5.57 Å². The first kappa shape index (κ1) is 18.1. The molecule has 5 heteroatoms. The van der Waals surface area contributed by atoms with Crippen molar-refractivity contribution in [2.45, 2.75) is 32.0 Å². The molecule has 5 nitrogen and oxygen atoms in total. The van der Waals surface area contributed by atoms with Crippen molar-refractivity contribution in [1.82, 2.24) is 4.90 Å². The number of allylic oxidation sites excluding steroid dienone is 4. The third-order valence-electron chi connectivity index (χ3n) is 4.75. The van der Waals surface area contributed by atoms with Crippen molar-refractivity contribution in [2.75, 3.05) is 13.7 Å². The predicted octanol–water partition coefficient (Wildman–Crippen LogP) is 2.81. The second-order valence-electron chi connectivity index (χ2n) is 6.45. The lowest BCUT2D eigenvalue weighted by Crippen LogP contribution is -2.33. The highest BCUT2D eigenvalue weighted by Crippen LogP contribution is 2.41. The number of fused-ring (bicyclic) bond motifs is 1. The quantitative estimate of drug-likeness (QED) is 0.884. The van der Waals surface area contributed by atoms with Gasteiger partial charge in [-0.05, 0) is 29.2 Å². The van der Waals surface area contributed by atoms with E-state index < -0.39 is 12.2 Å². The van der Waals surface area contributed by atoms with Crippen molar-refractivity contribution in [3.63, 3.8) is 0 Å². The van der Waals surface area contributed by atoms with E-state index in [1.54, 1.807) is 11.0 Å². The molecule has 134 valence electrons. The van der Waals surface area contributed by atoms with Crippen LogP contribution in [0.1, 0.15) is 25.3 Å². The van der Waals surface area contributed by atoms with Crippen LogP contribution in [-0.4, -0.2) is 41.7 Å². The molecular formula is C21H22N2O3. The Balaban J connectivity index is 2.18. The zero-order valence-electron chi connectivity index (χ0n) is 15.0. The maximum absolute atomic E-state index is 12.3. The van der Waals surface area contributed by atoms with Crippen molar-refractivity contribution in [3.8, 4) is 6.07 Å². The van der Waals surface area contributed by atoms with E-state index in [1.807, 2.05) is 43.5 Å². The van der Waals surface area contributed by atoms with Crippen molar-refractivity contribution in [1.29, 1.82) is 5.26 Å². The summed E-state index contributed by atoms with van der Waals surface area (Å²) in [7, 11) is 1.51. The van der Waals surface area contributed by atoms with E-state index in [9.17, 15) is 15.2 Å². The highest BCUT2D eigenvalue weighted by molar-refractivity contribution is 5.98. The SMILES string of the molecule is CCC(O)CN1C=C2CC(=O)C(OC)C=C2C(c2ccccc2)=C1C#N. The second kappa shape index (κ2) is 7.69. The van der Waals surface area contributed by atoms with Crippen LogP contribution in [0, 0.1) is 11.3 Å². The van der Waals surface area contributed by atoms with E-state index >= 15 is 0 Å². The monoisotopic (exact) mass is 350 g/mol. The predicted molar refractivity (Wildman–Crippen MR) is 98.6 cm³/mol. The molecule has 1 N–H and O–H groups in total. The van der Waals surface area contributed by atoms with Gasteiger partial charge in [-0.1, -0.05) is 37.3 Å². The summed E-state index contributed by atoms with van der Waals surface area (Å²) in [6.45, 7) is 2.21. The van der Waals surface area contributed by atoms with Gasteiger partial charge in [0, 0.05) is 31.8 Å². The van der Waals surface area contributed by atoms with E-state index in [0.717, 1.165) is 22.3 Å². The largest absolute Gasteiger partial charge is 0.391 e. The third-order valence-corrected chi connectivity index (χ3v) is 4.75. The Morgan fingerprint density at radius 2 is 2.12 bits per heavy atom. The molecule has 0 spiro atoms. The van der Waals surface area contributed by atoms with Crippen LogP contribution in [0.2, 0.25) is 0 Å². The summed E-state index contributed by atoms with van der Waals surface area (Å²) < 4.78 is 5.30. The molecule has 0 saturated carbocycles. The van der Waals surface area contributed by atoms with Gasteiger partial charge in [0.25, 0.3) is 0 Å². The number of ketones is 1. The van der Waals surface area contributed by atoms with E-state index in [0.29, 0.717) is 18.7 Å². The molecule has 1 aliphatic heterocycles. The maximum Gasteiger partial charge on any atom is 0.169 e. The molecule has 3 rings (SSSR count). The minimum atomic E-state index is -0.603. The van der Waals surface area contributed by atoms with Gasteiger partial charge in [-0.2, -0.15) is 5.26 Å². The molecule has 1 aromatic carbocycles. The molecule has 0 saturated heterocycles. The standard InChI is InChI=1S/C21H22N2O3/c1-3-16(24)13-23-12-15-9-19(25)20(26-2)10-17(15)21(18(23)11-22)14-7-5-4-6-8-14/h4-8,10,12,16,20,24H,3,9,13H2,1-2H3. The Morgan fingerprint density at radius 3 is 2.73 bits per heavy atom. The number of methoxy groups -OCH3 is 1. The molecule has 26 heavy (non-hydrogen) atoms.